The Morgan fingerprint density at radius 2 is 1.89 bits per heavy atom. The lowest BCUT2D eigenvalue weighted by Crippen LogP contribution is -1.93. The Labute approximate surface area is 103 Å². The Hall–Kier alpha value is -1.46. The van der Waals surface area contributed by atoms with Gasteiger partial charge in [-0.3, -0.25) is 4.52 Å². The Balaban J connectivity index is 0.000000203. The van der Waals surface area contributed by atoms with E-state index in [1.54, 1.807) is 12.1 Å². The molecule has 2 aromatic rings. The Bertz CT molecular complexity index is 600. The maximum Gasteiger partial charge on any atom is 0.469 e. The van der Waals surface area contributed by atoms with Crippen molar-refractivity contribution in [3.05, 3.63) is 46.8 Å². The van der Waals surface area contributed by atoms with Crippen molar-refractivity contribution in [1.82, 2.24) is 0 Å². The van der Waals surface area contributed by atoms with Crippen LogP contribution in [0.15, 0.2) is 45.6 Å². The average Bonchev–Trinajstić information content (AvgIpc) is 2.28. The van der Waals surface area contributed by atoms with E-state index in [2.05, 4.69) is 4.52 Å². The summed E-state index contributed by atoms with van der Waals surface area (Å²) in [6.45, 7) is 1.56. The number of phosphoric ester groups is 1. The number of rotatable bonds is 2. The Kier molecular flexibility index (Phi) is 5.25. The highest BCUT2D eigenvalue weighted by Crippen LogP contribution is 2.34. The van der Waals surface area contributed by atoms with Crippen molar-refractivity contribution in [1.29, 1.82) is 0 Å². The van der Waals surface area contributed by atoms with Gasteiger partial charge in [0.15, 0.2) is 0 Å². The van der Waals surface area contributed by atoms with Gasteiger partial charge < -0.3 is 14.2 Å². The van der Waals surface area contributed by atoms with Gasteiger partial charge in [-0.15, -0.1) is 0 Å². The maximum atomic E-state index is 10.7. The van der Waals surface area contributed by atoms with E-state index in [0.29, 0.717) is 5.58 Å². The molecule has 0 aliphatic heterocycles. The molecule has 0 saturated heterocycles. The zero-order valence-electron chi connectivity index (χ0n) is 9.65. The predicted octanol–water partition coefficient (Wildman–Crippen LogP) is 1.91. The van der Waals surface area contributed by atoms with Crippen LogP contribution >= 0.6 is 7.82 Å². The molecule has 7 heteroatoms. The number of fused-ring (bicyclic) bond motifs is 1. The quantitative estimate of drug-likeness (QED) is 0.640. The van der Waals surface area contributed by atoms with Gasteiger partial charge in [-0.25, -0.2) is 9.36 Å². The van der Waals surface area contributed by atoms with Crippen LogP contribution in [0.3, 0.4) is 0 Å². The summed E-state index contributed by atoms with van der Waals surface area (Å²) in [5.41, 5.74) is 0.337. The van der Waals surface area contributed by atoms with Gasteiger partial charge in [-0.05, 0) is 19.1 Å². The SMILES string of the molecule is CCOP(=O)(O)O.O=c1ccc2ccccc2o1. The molecule has 0 radical (unpaired) electrons. The van der Waals surface area contributed by atoms with Crippen molar-refractivity contribution in [3.63, 3.8) is 0 Å². The molecule has 0 fully saturated rings. The molecule has 2 N–H and O–H groups in total. The number of hydrogen-bond donors (Lipinski definition) is 2. The van der Waals surface area contributed by atoms with Gasteiger partial charge in [0.2, 0.25) is 0 Å². The monoisotopic (exact) mass is 272 g/mol. The molecule has 1 aromatic heterocycles. The third-order valence-electron chi connectivity index (χ3n) is 1.83. The molecule has 18 heavy (non-hydrogen) atoms. The zero-order valence-corrected chi connectivity index (χ0v) is 10.5. The van der Waals surface area contributed by atoms with E-state index in [4.69, 9.17) is 14.2 Å². The van der Waals surface area contributed by atoms with Gasteiger partial charge in [-0.1, -0.05) is 18.2 Å². The lowest BCUT2D eigenvalue weighted by Gasteiger charge is -1.98. The predicted molar refractivity (Wildman–Crippen MR) is 66.2 cm³/mol. The highest BCUT2D eigenvalue weighted by Gasteiger charge is 2.10. The molecule has 0 spiro atoms. The van der Waals surface area contributed by atoms with Crippen LogP contribution in [-0.4, -0.2) is 16.4 Å². The minimum Gasteiger partial charge on any atom is -0.423 e. The molecule has 1 aromatic carbocycles. The van der Waals surface area contributed by atoms with Crippen LogP contribution in [0.2, 0.25) is 0 Å². The molecule has 2 rings (SSSR count). The standard InChI is InChI=1S/C9H6O2.C2H7O4P/c10-9-6-5-7-3-1-2-4-8(7)11-9;1-2-6-7(3,4)5/h1-6H;2H2,1H3,(H2,3,4,5). The number of phosphoric acid groups is 1. The molecule has 0 aliphatic rings. The van der Waals surface area contributed by atoms with Crippen LogP contribution in [0, 0.1) is 0 Å². The minimum atomic E-state index is -4.17. The van der Waals surface area contributed by atoms with Crippen molar-refractivity contribution in [2.45, 2.75) is 6.92 Å². The number of hydrogen-bond acceptors (Lipinski definition) is 4. The molecule has 0 unspecified atom stereocenters. The Morgan fingerprint density at radius 3 is 2.44 bits per heavy atom. The summed E-state index contributed by atoms with van der Waals surface area (Å²) in [5, 5.41) is 0.951. The van der Waals surface area contributed by atoms with Crippen molar-refractivity contribution < 1.29 is 23.3 Å². The van der Waals surface area contributed by atoms with E-state index in [1.807, 2.05) is 18.2 Å². The van der Waals surface area contributed by atoms with Gasteiger partial charge >= 0.3 is 13.4 Å². The van der Waals surface area contributed by atoms with Crippen molar-refractivity contribution in [2.75, 3.05) is 6.61 Å². The summed E-state index contributed by atoms with van der Waals surface area (Å²) in [5.74, 6) is 0. The smallest absolute Gasteiger partial charge is 0.423 e. The third-order valence-corrected chi connectivity index (χ3v) is 2.42. The molecular weight excluding hydrogens is 259 g/mol. The first-order valence-electron chi connectivity index (χ1n) is 5.11. The average molecular weight is 272 g/mol. The first-order chi connectivity index (χ1) is 8.42. The molecule has 0 amide bonds. The Morgan fingerprint density at radius 1 is 1.22 bits per heavy atom. The second-order valence-corrected chi connectivity index (χ2v) is 4.44. The second kappa shape index (κ2) is 6.47. The summed E-state index contributed by atoms with van der Waals surface area (Å²) < 4.78 is 18.5. The van der Waals surface area contributed by atoms with Crippen LogP contribution in [0.4, 0.5) is 0 Å². The largest absolute Gasteiger partial charge is 0.469 e. The lowest BCUT2D eigenvalue weighted by molar-refractivity contribution is 0.206. The van der Waals surface area contributed by atoms with Gasteiger partial charge in [0.05, 0.1) is 6.61 Å². The molecule has 98 valence electrons. The second-order valence-electron chi connectivity index (χ2n) is 3.20. The third kappa shape index (κ3) is 5.25. The van der Waals surface area contributed by atoms with Gasteiger partial charge in [-0.2, -0.15) is 0 Å². The molecule has 0 bridgehead atoms. The van der Waals surface area contributed by atoms with Crippen LogP contribution in [0.25, 0.3) is 11.0 Å². The first kappa shape index (κ1) is 14.6. The highest BCUT2D eigenvalue weighted by molar-refractivity contribution is 7.46. The van der Waals surface area contributed by atoms with E-state index in [1.165, 1.54) is 13.0 Å². The molecule has 0 aliphatic carbocycles. The van der Waals surface area contributed by atoms with Crippen molar-refractivity contribution in [2.24, 2.45) is 0 Å². The van der Waals surface area contributed by atoms with Crippen LogP contribution in [0.1, 0.15) is 6.92 Å². The highest BCUT2D eigenvalue weighted by atomic mass is 31.2. The van der Waals surface area contributed by atoms with Crippen LogP contribution in [0.5, 0.6) is 0 Å². The van der Waals surface area contributed by atoms with E-state index in [9.17, 15) is 9.36 Å². The van der Waals surface area contributed by atoms with Crippen molar-refractivity contribution in [3.8, 4) is 0 Å². The van der Waals surface area contributed by atoms with E-state index in [0.717, 1.165) is 5.39 Å². The fourth-order valence-corrected chi connectivity index (χ4v) is 1.52. The van der Waals surface area contributed by atoms with E-state index >= 15 is 0 Å². The molecular formula is C11H13O6P. The summed E-state index contributed by atoms with van der Waals surface area (Å²) in [6.07, 6.45) is 0. The summed E-state index contributed by atoms with van der Waals surface area (Å²) in [6, 6.07) is 10.6. The fraction of sp³-hybridized carbons (Fsp3) is 0.182. The number of benzene rings is 1. The fourth-order valence-electron chi connectivity index (χ4n) is 1.18. The van der Waals surface area contributed by atoms with Gasteiger partial charge in [0, 0.05) is 11.5 Å². The lowest BCUT2D eigenvalue weighted by atomic mass is 10.2. The van der Waals surface area contributed by atoms with Gasteiger partial charge in [0.25, 0.3) is 0 Å². The zero-order chi connectivity index (χ0) is 13.6. The van der Waals surface area contributed by atoms with Crippen molar-refractivity contribution >= 4 is 18.8 Å². The van der Waals surface area contributed by atoms with E-state index in [-0.39, 0.29) is 12.2 Å². The van der Waals surface area contributed by atoms with E-state index < -0.39 is 7.82 Å². The maximum absolute atomic E-state index is 10.7. The summed E-state index contributed by atoms with van der Waals surface area (Å²) in [4.78, 5) is 26.5. The van der Waals surface area contributed by atoms with Crippen LogP contribution in [-0.2, 0) is 9.09 Å². The minimum absolute atomic E-state index is 0.0459. The summed E-state index contributed by atoms with van der Waals surface area (Å²) in [7, 11) is -4.17. The molecule has 1 heterocycles. The van der Waals surface area contributed by atoms with Crippen LogP contribution < -0.4 is 5.63 Å². The normalized spacial score (nSPS) is 10.8. The van der Waals surface area contributed by atoms with Gasteiger partial charge in [0.1, 0.15) is 5.58 Å². The topological polar surface area (TPSA) is 97.0 Å². The molecule has 0 atom stereocenters. The number of para-hydroxylation sites is 1. The molecule has 0 saturated carbocycles. The molecule has 6 nitrogen and oxygen atoms in total. The first-order valence-corrected chi connectivity index (χ1v) is 6.64. The summed E-state index contributed by atoms with van der Waals surface area (Å²) >= 11 is 0.